The van der Waals surface area contributed by atoms with Crippen LogP contribution >= 0.6 is 0 Å². The minimum atomic E-state index is -0.320. The molecule has 4 rings (SSSR count). The van der Waals surface area contributed by atoms with E-state index in [0.717, 1.165) is 0 Å². The number of nitrogens with zero attached hydrogens (tertiary/aromatic N) is 2. The Labute approximate surface area is 111 Å². The maximum atomic E-state index is 11.8. The third-order valence-corrected chi connectivity index (χ3v) is 4.32. The molecular weight excluding hydrogens is 240 g/mol. The number of rotatable bonds is 2. The number of aromatic nitrogens is 2. The molecule has 0 N–H and O–H groups in total. The molecule has 4 heteroatoms. The SMILES string of the molecule is COC(=O)c1cncn1C1c2ccccc2C2CC21. The highest BCUT2D eigenvalue weighted by Gasteiger charge is 2.52. The molecule has 0 spiro atoms. The minimum Gasteiger partial charge on any atom is -0.464 e. The summed E-state index contributed by atoms with van der Waals surface area (Å²) in [5.74, 6) is 0.947. The summed E-state index contributed by atoms with van der Waals surface area (Å²) in [6.07, 6.45) is 4.54. The lowest BCUT2D eigenvalue weighted by atomic mass is 10.0. The zero-order valence-electron chi connectivity index (χ0n) is 10.6. The van der Waals surface area contributed by atoms with Crippen molar-refractivity contribution in [2.45, 2.75) is 18.4 Å². The van der Waals surface area contributed by atoms with Crippen LogP contribution in [0.2, 0.25) is 0 Å². The Morgan fingerprint density at radius 2 is 2.16 bits per heavy atom. The van der Waals surface area contributed by atoms with E-state index in [1.54, 1.807) is 12.5 Å². The molecule has 96 valence electrons. The number of ether oxygens (including phenoxy) is 1. The molecule has 3 unspecified atom stereocenters. The van der Waals surface area contributed by atoms with E-state index in [-0.39, 0.29) is 12.0 Å². The molecular formula is C15H14N2O2. The minimum absolute atomic E-state index is 0.234. The highest BCUT2D eigenvalue weighted by molar-refractivity contribution is 5.87. The number of carbonyl (C=O) groups excluding carboxylic acids is 1. The maximum Gasteiger partial charge on any atom is 0.356 e. The monoisotopic (exact) mass is 254 g/mol. The summed E-state index contributed by atoms with van der Waals surface area (Å²) in [5, 5.41) is 0. The third kappa shape index (κ3) is 1.40. The maximum absolute atomic E-state index is 11.8. The summed E-state index contributed by atoms with van der Waals surface area (Å²) in [6.45, 7) is 0. The van der Waals surface area contributed by atoms with Gasteiger partial charge in [-0.05, 0) is 29.4 Å². The second-order valence-corrected chi connectivity index (χ2v) is 5.26. The zero-order chi connectivity index (χ0) is 13.0. The van der Waals surface area contributed by atoms with E-state index in [0.29, 0.717) is 17.5 Å². The van der Waals surface area contributed by atoms with Crippen molar-refractivity contribution in [3.8, 4) is 0 Å². The Balaban J connectivity index is 1.83. The van der Waals surface area contributed by atoms with Crippen molar-refractivity contribution < 1.29 is 9.53 Å². The predicted octanol–water partition coefficient (Wildman–Crippen LogP) is 2.38. The molecule has 2 aliphatic rings. The fraction of sp³-hybridized carbons (Fsp3) is 0.333. The van der Waals surface area contributed by atoms with Crippen LogP contribution in [0.1, 0.15) is 40.0 Å². The van der Waals surface area contributed by atoms with Crippen molar-refractivity contribution in [3.05, 3.63) is 53.6 Å². The van der Waals surface area contributed by atoms with Crippen LogP contribution in [0.15, 0.2) is 36.8 Å². The average molecular weight is 254 g/mol. The van der Waals surface area contributed by atoms with Gasteiger partial charge in [0.2, 0.25) is 0 Å². The fourth-order valence-electron chi connectivity index (χ4n) is 3.41. The van der Waals surface area contributed by atoms with Gasteiger partial charge in [-0.2, -0.15) is 0 Å². The number of carbonyl (C=O) groups is 1. The molecule has 0 saturated heterocycles. The van der Waals surface area contributed by atoms with Crippen LogP contribution in [0, 0.1) is 5.92 Å². The van der Waals surface area contributed by atoms with Crippen LogP contribution in [-0.4, -0.2) is 22.6 Å². The van der Waals surface area contributed by atoms with Crippen molar-refractivity contribution in [2.75, 3.05) is 7.11 Å². The van der Waals surface area contributed by atoms with E-state index in [4.69, 9.17) is 4.74 Å². The van der Waals surface area contributed by atoms with Crippen molar-refractivity contribution in [1.82, 2.24) is 9.55 Å². The van der Waals surface area contributed by atoms with Crippen LogP contribution in [0.5, 0.6) is 0 Å². The van der Waals surface area contributed by atoms with E-state index in [1.165, 1.54) is 24.7 Å². The molecule has 19 heavy (non-hydrogen) atoms. The normalized spacial score (nSPS) is 26.7. The number of benzene rings is 1. The van der Waals surface area contributed by atoms with Gasteiger partial charge in [0.05, 0.1) is 25.7 Å². The average Bonchev–Trinajstić information content (AvgIpc) is 2.95. The molecule has 1 fully saturated rings. The van der Waals surface area contributed by atoms with Crippen LogP contribution in [0.3, 0.4) is 0 Å². The number of hydrogen-bond donors (Lipinski definition) is 0. The molecule has 1 saturated carbocycles. The van der Waals surface area contributed by atoms with E-state index in [2.05, 4.69) is 29.2 Å². The van der Waals surface area contributed by atoms with Crippen LogP contribution in [0.25, 0.3) is 0 Å². The molecule has 1 heterocycles. The van der Waals surface area contributed by atoms with Crippen LogP contribution in [0.4, 0.5) is 0 Å². The Hall–Kier alpha value is -2.10. The standard InChI is InChI=1S/C15H14N2O2/c1-19-15(18)13-7-16-8-17(13)14-10-5-3-2-4-9(10)11-6-12(11)14/h2-5,7-8,11-12,14H,6H2,1H3. The number of hydrogen-bond acceptors (Lipinski definition) is 3. The largest absolute Gasteiger partial charge is 0.464 e. The quantitative estimate of drug-likeness (QED) is 0.773. The predicted molar refractivity (Wildman–Crippen MR) is 69.0 cm³/mol. The van der Waals surface area contributed by atoms with E-state index >= 15 is 0 Å². The van der Waals surface area contributed by atoms with Crippen molar-refractivity contribution in [1.29, 1.82) is 0 Å². The summed E-state index contributed by atoms with van der Waals surface area (Å²) in [6, 6.07) is 8.75. The van der Waals surface area contributed by atoms with Gasteiger partial charge < -0.3 is 9.30 Å². The van der Waals surface area contributed by atoms with Gasteiger partial charge in [-0.15, -0.1) is 0 Å². The van der Waals surface area contributed by atoms with E-state index in [1.807, 2.05) is 4.57 Å². The highest BCUT2D eigenvalue weighted by Crippen LogP contribution is 2.62. The van der Waals surface area contributed by atoms with Gasteiger partial charge in [-0.25, -0.2) is 9.78 Å². The van der Waals surface area contributed by atoms with Crippen LogP contribution < -0.4 is 0 Å². The molecule has 1 aromatic carbocycles. The van der Waals surface area contributed by atoms with Gasteiger partial charge >= 0.3 is 5.97 Å². The summed E-state index contributed by atoms with van der Waals surface area (Å²) < 4.78 is 6.81. The summed E-state index contributed by atoms with van der Waals surface area (Å²) >= 11 is 0. The molecule has 0 radical (unpaired) electrons. The van der Waals surface area contributed by atoms with Gasteiger partial charge in [-0.3, -0.25) is 0 Å². The lowest BCUT2D eigenvalue weighted by Gasteiger charge is -2.18. The number of esters is 1. The van der Waals surface area contributed by atoms with E-state index in [9.17, 15) is 4.79 Å². The Morgan fingerprint density at radius 3 is 2.95 bits per heavy atom. The molecule has 1 aromatic heterocycles. The first-order chi connectivity index (χ1) is 9.31. The van der Waals surface area contributed by atoms with Crippen molar-refractivity contribution >= 4 is 5.97 Å². The molecule has 3 atom stereocenters. The molecule has 0 aliphatic heterocycles. The van der Waals surface area contributed by atoms with Gasteiger partial charge in [0, 0.05) is 0 Å². The lowest BCUT2D eigenvalue weighted by Crippen LogP contribution is -2.17. The first-order valence-electron chi connectivity index (χ1n) is 6.50. The molecule has 4 nitrogen and oxygen atoms in total. The van der Waals surface area contributed by atoms with Gasteiger partial charge in [0.15, 0.2) is 0 Å². The van der Waals surface area contributed by atoms with Gasteiger partial charge in [0.25, 0.3) is 0 Å². The summed E-state index contributed by atoms with van der Waals surface area (Å²) in [5.41, 5.74) is 3.30. The van der Waals surface area contributed by atoms with Crippen molar-refractivity contribution in [2.24, 2.45) is 5.92 Å². The van der Waals surface area contributed by atoms with Gasteiger partial charge in [0.1, 0.15) is 5.69 Å². The van der Waals surface area contributed by atoms with Crippen LogP contribution in [-0.2, 0) is 4.74 Å². The third-order valence-electron chi connectivity index (χ3n) is 4.32. The Kier molecular flexibility index (Phi) is 2.10. The summed E-state index contributed by atoms with van der Waals surface area (Å²) in [4.78, 5) is 15.9. The smallest absolute Gasteiger partial charge is 0.356 e. The molecule has 2 aliphatic carbocycles. The molecule has 2 aromatic rings. The Morgan fingerprint density at radius 1 is 1.37 bits per heavy atom. The molecule has 0 amide bonds. The number of fused-ring (bicyclic) bond motifs is 3. The summed E-state index contributed by atoms with van der Waals surface area (Å²) in [7, 11) is 1.40. The number of imidazole rings is 1. The van der Waals surface area contributed by atoms with E-state index < -0.39 is 0 Å². The lowest BCUT2D eigenvalue weighted by molar-refractivity contribution is 0.0586. The first-order valence-corrected chi connectivity index (χ1v) is 6.50. The first kappa shape index (κ1) is 10.8. The van der Waals surface area contributed by atoms with Crippen molar-refractivity contribution in [3.63, 3.8) is 0 Å². The number of methoxy groups -OCH3 is 1. The second kappa shape index (κ2) is 3.70. The zero-order valence-corrected chi connectivity index (χ0v) is 10.6. The fourth-order valence-corrected chi connectivity index (χ4v) is 3.41. The molecule has 0 bridgehead atoms. The topological polar surface area (TPSA) is 44.1 Å². The second-order valence-electron chi connectivity index (χ2n) is 5.26. The Bertz CT molecular complexity index is 662. The van der Waals surface area contributed by atoms with Gasteiger partial charge in [-0.1, -0.05) is 24.3 Å². The highest BCUT2D eigenvalue weighted by atomic mass is 16.5.